The lowest BCUT2D eigenvalue weighted by molar-refractivity contribution is -0.0581. The van der Waals surface area contributed by atoms with Crippen LogP contribution < -0.4 is 5.32 Å². The van der Waals surface area contributed by atoms with Crippen LogP contribution in [0.4, 0.5) is 0 Å². The molecule has 2 rings (SSSR count). The third kappa shape index (κ3) is 2.94. The second-order valence-corrected chi connectivity index (χ2v) is 5.15. The number of nitrogens with zero attached hydrogens (tertiary/aromatic N) is 1. The van der Waals surface area contributed by atoms with Gasteiger partial charge in [-0.1, -0.05) is 6.92 Å². The van der Waals surface area contributed by atoms with Crippen LogP contribution in [-0.2, 0) is 4.74 Å². The predicted octanol–water partition coefficient (Wildman–Crippen LogP) is 0.209. The van der Waals surface area contributed by atoms with Crippen LogP contribution >= 0.6 is 0 Å². The van der Waals surface area contributed by atoms with Crippen molar-refractivity contribution in [1.82, 2.24) is 10.2 Å². The Kier molecular flexibility index (Phi) is 4.19. The maximum absolute atomic E-state index is 9.50. The molecule has 0 amide bonds. The maximum atomic E-state index is 9.50. The van der Waals surface area contributed by atoms with Gasteiger partial charge < -0.3 is 15.2 Å². The molecule has 0 aliphatic carbocycles. The topological polar surface area (TPSA) is 44.7 Å². The molecule has 0 bridgehead atoms. The van der Waals surface area contributed by atoms with E-state index in [2.05, 4.69) is 24.1 Å². The van der Waals surface area contributed by atoms with Crippen molar-refractivity contribution in [2.75, 3.05) is 26.2 Å². The minimum absolute atomic E-state index is 0.149. The lowest BCUT2D eigenvalue weighted by Gasteiger charge is -2.39. The van der Waals surface area contributed by atoms with Crippen LogP contribution in [0.25, 0.3) is 0 Å². The molecule has 4 nitrogen and oxygen atoms in total. The molecule has 0 aromatic heterocycles. The average molecular weight is 228 g/mol. The molecule has 4 unspecified atom stereocenters. The molecule has 0 radical (unpaired) electrons. The van der Waals surface area contributed by atoms with Crippen LogP contribution in [0, 0.1) is 0 Å². The zero-order valence-corrected chi connectivity index (χ0v) is 10.4. The Hall–Kier alpha value is -0.160. The van der Waals surface area contributed by atoms with E-state index in [0.29, 0.717) is 18.2 Å². The van der Waals surface area contributed by atoms with Gasteiger partial charge in [-0.05, 0) is 19.8 Å². The van der Waals surface area contributed by atoms with Gasteiger partial charge in [-0.25, -0.2) is 0 Å². The normalized spacial score (nSPS) is 41.4. The molecular weight excluding hydrogens is 204 g/mol. The van der Waals surface area contributed by atoms with Crippen LogP contribution in [0.3, 0.4) is 0 Å². The highest BCUT2D eigenvalue weighted by atomic mass is 16.5. The molecule has 4 atom stereocenters. The van der Waals surface area contributed by atoms with Gasteiger partial charge in [0.2, 0.25) is 0 Å². The van der Waals surface area contributed by atoms with Crippen molar-refractivity contribution in [3.05, 3.63) is 0 Å². The molecule has 2 heterocycles. The van der Waals surface area contributed by atoms with Gasteiger partial charge in [-0.2, -0.15) is 0 Å². The summed E-state index contributed by atoms with van der Waals surface area (Å²) in [7, 11) is 0. The lowest BCUT2D eigenvalue weighted by atomic mass is 10.1. The van der Waals surface area contributed by atoms with Gasteiger partial charge in [0.1, 0.15) is 0 Å². The van der Waals surface area contributed by atoms with E-state index in [4.69, 9.17) is 4.74 Å². The molecule has 0 saturated carbocycles. The average Bonchev–Trinajstić information content (AvgIpc) is 2.64. The fourth-order valence-corrected chi connectivity index (χ4v) is 2.73. The van der Waals surface area contributed by atoms with E-state index in [-0.39, 0.29) is 6.10 Å². The van der Waals surface area contributed by atoms with Gasteiger partial charge in [-0.15, -0.1) is 0 Å². The summed E-state index contributed by atoms with van der Waals surface area (Å²) in [5, 5.41) is 12.9. The van der Waals surface area contributed by atoms with E-state index in [1.165, 1.54) is 0 Å². The molecule has 2 fully saturated rings. The largest absolute Gasteiger partial charge is 0.392 e. The maximum Gasteiger partial charge on any atom is 0.0680 e. The number of morpholine rings is 1. The Balaban J connectivity index is 1.85. The molecular formula is C12H24N2O2. The molecule has 16 heavy (non-hydrogen) atoms. The summed E-state index contributed by atoms with van der Waals surface area (Å²) in [6.45, 7) is 8.02. The molecule has 2 aliphatic heterocycles. The third-order valence-electron chi connectivity index (χ3n) is 3.71. The molecule has 0 aromatic rings. The van der Waals surface area contributed by atoms with Crippen LogP contribution in [0.1, 0.15) is 26.7 Å². The minimum atomic E-state index is -0.149. The van der Waals surface area contributed by atoms with E-state index >= 15 is 0 Å². The van der Waals surface area contributed by atoms with E-state index in [1.54, 1.807) is 0 Å². The van der Waals surface area contributed by atoms with Crippen LogP contribution in [0.5, 0.6) is 0 Å². The number of nitrogens with one attached hydrogen (secondary N) is 1. The fourth-order valence-electron chi connectivity index (χ4n) is 2.73. The highest BCUT2D eigenvalue weighted by Gasteiger charge is 2.30. The Morgan fingerprint density at radius 3 is 2.94 bits per heavy atom. The summed E-state index contributed by atoms with van der Waals surface area (Å²) < 4.78 is 5.69. The molecule has 2 N–H and O–H groups in total. The third-order valence-corrected chi connectivity index (χ3v) is 3.71. The monoisotopic (exact) mass is 228 g/mol. The van der Waals surface area contributed by atoms with Gasteiger partial charge in [0.15, 0.2) is 0 Å². The number of β-amino-alcohol motifs (C(OH)–C–C–N with tert-alkyl or cyclic N) is 1. The van der Waals surface area contributed by atoms with Crippen LogP contribution in [0.2, 0.25) is 0 Å². The van der Waals surface area contributed by atoms with Gasteiger partial charge in [0, 0.05) is 31.7 Å². The SMILES string of the molecule is CCC1COC(C)CN1CC1CC(O)CN1. The van der Waals surface area contributed by atoms with E-state index < -0.39 is 0 Å². The number of aliphatic hydroxyl groups is 1. The Bertz CT molecular complexity index is 225. The minimum Gasteiger partial charge on any atom is -0.392 e. The first-order chi connectivity index (χ1) is 7.69. The highest BCUT2D eigenvalue weighted by molar-refractivity contribution is 4.87. The van der Waals surface area contributed by atoms with Gasteiger partial charge in [0.05, 0.1) is 18.8 Å². The predicted molar refractivity (Wildman–Crippen MR) is 63.5 cm³/mol. The zero-order chi connectivity index (χ0) is 11.5. The Morgan fingerprint density at radius 2 is 2.31 bits per heavy atom. The first-order valence-electron chi connectivity index (χ1n) is 6.46. The molecule has 4 heteroatoms. The number of ether oxygens (including phenoxy) is 1. The molecule has 0 aromatic carbocycles. The summed E-state index contributed by atoms with van der Waals surface area (Å²) in [5.41, 5.74) is 0. The Morgan fingerprint density at radius 1 is 1.50 bits per heavy atom. The lowest BCUT2D eigenvalue weighted by Crippen LogP contribution is -2.52. The zero-order valence-electron chi connectivity index (χ0n) is 10.4. The van der Waals surface area contributed by atoms with Crippen molar-refractivity contribution in [2.45, 2.75) is 51.0 Å². The standard InChI is InChI=1S/C12H24N2O2/c1-3-11-8-16-9(2)6-14(11)7-10-4-12(15)5-13-10/h9-13,15H,3-8H2,1-2H3. The number of rotatable bonds is 3. The second-order valence-electron chi connectivity index (χ2n) is 5.15. The first kappa shape index (κ1) is 12.3. The van der Waals surface area contributed by atoms with Gasteiger partial charge in [-0.3, -0.25) is 4.90 Å². The van der Waals surface area contributed by atoms with Crippen LogP contribution in [0.15, 0.2) is 0 Å². The molecule has 94 valence electrons. The number of hydrogen-bond acceptors (Lipinski definition) is 4. The van der Waals surface area contributed by atoms with Crippen molar-refractivity contribution in [1.29, 1.82) is 0 Å². The van der Waals surface area contributed by atoms with Gasteiger partial charge >= 0.3 is 0 Å². The highest BCUT2D eigenvalue weighted by Crippen LogP contribution is 2.17. The van der Waals surface area contributed by atoms with Crippen molar-refractivity contribution in [3.8, 4) is 0 Å². The van der Waals surface area contributed by atoms with Crippen molar-refractivity contribution in [2.24, 2.45) is 0 Å². The van der Waals surface area contributed by atoms with E-state index in [1.807, 2.05) is 0 Å². The summed E-state index contributed by atoms with van der Waals surface area (Å²) >= 11 is 0. The summed E-state index contributed by atoms with van der Waals surface area (Å²) in [6.07, 6.45) is 2.22. The van der Waals surface area contributed by atoms with E-state index in [9.17, 15) is 5.11 Å². The Labute approximate surface area is 98.0 Å². The van der Waals surface area contributed by atoms with Crippen LogP contribution in [-0.4, -0.2) is 60.5 Å². The number of aliphatic hydroxyl groups excluding tert-OH is 1. The smallest absolute Gasteiger partial charge is 0.0680 e. The number of hydrogen-bond donors (Lipinski definition) is 2. The van der Waals surface area contributed by atoms with Crippen molar-refractivity contribution in [3.63, 3.8) is 0 Å². The summed E-state index contributed by atoms with van der Waals surface area (Å²) in [6, 6.07) is 1.00. The second kappa shape index (κ2) is 5.45. The fraction of sp³-hybridized carbons (Fsp3) is 1.00. The molecule has 2 aliphatic rings. The van der Waals surface area contributed by atoms with Crippen molar-refractivity contribution < 1.29 is 9.84 Å². The summed E-state index contributed by atoms with van der Waals surface area (Å²) in [5.74, 6) is 0. The summed E-state index contributed by atoms with van der Waals surface area (Å²) in [4.78, 5) is 2.52. The molecule has 0 spiro atoms. The van der Waals surface area contributed by atoms with Crippen molar-refractivity contribution >= 4 is 0 Å². The first-order valence-corrected chi connectivity index (χ1v) is 6.46. The molecule has 2 saturated heterocycles. The quantitative estimate of drug-likeness (QED) is 0.725. The van der Waals surface area contributed by atoms with Gasteiger partial charge in [0.25, 0.3) is 0 Å². The van der Waals surface area contributed by atoms with E-state index in [0.717, 1.165) is 39.1 Å².